The molecule has 0 spiro atoms. The number of H-pyrrole nitrogens is 1. The minimum absolute atomic E-state index is 0.109. The van der Waals surface area contributed by atoms with Crippen LogP contribution >= 0.6 is 0 Å². The zero-order valence-corrected chi connectivity index (χ0v) is 12.3. The maximum absolute atomic E-state index is 12.7. The molecule has 2 N–H and O–H groups in total. The van der Waals surface area contributed by atoms with E-state index in [4.69, 9.17) is 0 Å². The predicted molar refractivity (Wildman–Crippen MR) is 83.4 cm³/mol. The lowest BCUT2D eigenvalue weighted by Gasteiger charge is -2.35. The number of carbonyl (C=O) groups excluding carboxylic acids is 1. The minimum atomic E-state index is 0.109. The minimum Gasteiger partial charge on any atom is -0.351 e. The molecule has 2 aliphatic heterocycles. The van der Waals surface area contributed by atoms with E-state index in [1.807, 2.05) is 42.3 Å². The number of hydrogen-bond acceptors (Lipinski definition) is 2. The predicted octanol–water partition coefficient (Wildman–Crippen LogP) is 2.52. The molecule has 2 bridgehead atoms. The first-order valence-electron chi connectivity index (χ1n) is 7.81. The SMILES string of the molecule is CN(C(=O)c1cc2ccccc2[nH]1)C1CC2CCC(C1)N2. The fourth-order valence-corrected chi connectivity index (χ4v) is 3.89. The van der Waals surface area contributed by atoms with Crippen LogP contribution in [0.15, 0.2) is 30.3 Å². The van der Waals surface area contributed by atoms with Crippen molar-refractivity contribution in [2.75, 3.05) is 7.05 Å². The van der Waals surface area contributed by atoms with Gasteiger partial charge in [-0.3, -0.25) is 4.79 Å². The highest BCUT2D eigenvalue weighted by atomic mass is 16.2. The van der Waals surface area contributed by atoms with E-state index in [2.05, 4.69) is 10.3 Å². The van der Waals surface area contributed by atoms with E-state index in [9.17, 15) is 4.79 Å². The van der Waals surface area contributed by atoms with Crippen LogP contribution in [0.25, 0.3) is 10.9 Å². The quantitative estimate of drug-likeness (QED) is 0.889. The molecule has 21 heavy (non-hydrogen) atoms. The summed E-state index contributed by atoms with van der Waals surface area (Å²) in [6.45, 7) is 0. The average molecular weight is 283 g/mol. The Morgan fingerprint density at radius 2 is 1.90 bits per heavy atom. The van der Waals surface area contributed by atoms with Crippen LogP contribution in [0.4, 0.5) is 0 Å². The van der Waals surface area contributed by atoms with Crippen LogP contribution in [0, 0.1) is 0 Å². The highest BCUT2D eigenvalue weighted by Gasteiger charge is 2.36. The summed E-state index contributed by atoms with van der Waals surface area (Å²) in [6.07, 6.45) is 4.68. The summed E-state index contributed by atoms with van der Waals surface area (Å²) in [5.74, 6) is 0.109. The summed E-state index contributed by atoms with van der Waals surface area (Å²) in [4.78, 5) is 17.9. The maximum Gasteiger partial charge on any atom is 0.270 e. The number of nitrogens with zero attached hydrogens (tertiary/aromatic N) is 1. The average Bonchev–Trinajstić information content (AvgIpc) is 3.08. The second-order valence-corrected chi connectivity index (χ2v) is 6.45. The normalized spacial score (nSPS) is 28.0. The van der Waals surface area contributed by atoms with Crippen molar-refractivity contribution in [2.24, 2.45) is 0 Å². The van der Waals surface area contributed by atoms with Crippen molar-refractivity contribution in [2.45, 2.75) is 43.8 Å². The van der Waals surface area contributed by atoms with Crippen LogP contribution in [0.3, 0.4) is 0 Å². The van der Waals surface area contributed by atoms with Gasteiger partial charge in [-0.25, -0.2) is 0 Å². The molecule has 110 valence electrons. The van der Waals surface area contributed by atoms with Gasteiger partial charge in [0.15, 0.2) is 0 Å². The van der Waals surface area contributed by atoms with E-state index < -0.39 is 0 Å². The number of aromatic amines is 1. The lowest BCUT2D eigenvalue weighted by Crippen LogP contribution is -2.48. The van der Waals surface area contributed by atoms with E-state index in [1.165, 1.54) is 12.8 Å². The number of nitrogens with one attached hydrogen (secondary N) is 2. The van der Waals surface area contributed by atoms with Gasteiger partial charge in [-0.15, -0.1) is 0 Å². The molecule has 1 aromatic heterocycles. The van der Waals surface area contributed by atoms with Crippen molar-refractivity contribution >= 4 is 16.8 Å². The molecule has 0 radical (unpaired) electrons. The third kappa shape index (κ3) is 2.23. The number of para-hydroxylation sites is 1. The molecule has 4 rings (SSSR count). The molecule has 2 aliphatic rings. The Morgan fingerprint density at radius 1 is 1.19 bits per heavy atom. The van der Waals surface area contributed by atoms with Crippen molar-refractivity contribution in [1.82, 2.24) is 15.2 Å². The van der Waals surface area contributed by atoms with Crippen molar-refractivity contribution < 1.29 is 4.79 Å². The Hall–Kier alpha value is -1.81. The number of amides is 1. The number of carbonyl (C=O) groups is 1. The van der Waals surface area contributed by atoms with Gasteiger partial charge in [-0.2, -0.15) is 0 Å². The molecule has 2 saturated heterocycles. The van der Waals surface area contributed by atoms with Crippen molar-refractivity contribution in [3.05, 3.63) is 36.0 Å². The molecule has 3 heterocycles. The Morgan fingerprint density at radius 3 is 2.62 bits per heavy atom. The summed E-state index contributed by atoms with van der Waals surface area (Å²) in [7, 11) is 1.95. The van der Waals surface area contributed by atoms with Crippen LogP contribution in [-0.4, -0.2) is 41.0 Å². The zero-order valence-electron chi connectivity index (χ0n) is 12.3. The molecule has 2 atom stereocenters. The lowest BCUT2D eigenvalue weighted by atomic mass is 9.98. The van der Waals surface area contributed by atoms with Gasteiger partial charge in [0.05, 0.1) is 0 Å². The highest BCUT2D eigenvalue weighted by molar-refractivity contribution is 5.98. The highest BCUT2D eigenvalue weighted by Crippen LogP contribution is 2.30. The Kier molecular flexibility index (Phi) is 3.00. The number of rotatable bonds is 2. The molecule has 1 aromatic carbocycles. The lowest BCUT2D eigenvalue weighted by molar-refractivity contribution is 0.0677. The summed E-state index contributed by atoms with van der Waals surface area (Å²) in [5, 5.41) is 4.73. The molecule has 2 aromatic rings. The molecular weight excluding hydrogens is 262 g/mol. The van der Waals surface area contributed by atoms with Crippen molar-refractivity contribution in [3.63, 3.8) is 0 Å². The number of piperidine rings is 1. The summed E-state index contributed by atoms with van der Waals surface area (Å²) < 4.78 is 0. The van der Waals surface area contributed by atoms with Crippen LogP contribution in [0.1, 0.15) is 36.2 Å². The molecule has 4 heteroatoms. The van der Waals surface area contributed by atoms with Crippen LogP contribution in [-0.2, 0) is 0 Å². The van der Waals surface area contributed by atoms with E-state index in [1.54, 1.807) is 0 Å². The van der Waals surface area contributed by atoms with Crippen LogP contribution in [0.2, 0.25) is 0 Å². The monoisotopic (exact) mass is 283 g/mol. The summed E-state index contributed by atoms with van der Waals surface area (Å²) in [5.41, 5.74) is 1.73. The Balaban J connectivity index is 1.56. The van der Waals surface area contributed by atoms with Gasteiger partial charge in [0.1, 0.15) is 5.69 Å². The first-order valence-corrected chi connectivity index (χ1v) is 7.81. The summed E-state index contributed by atoms with van der Waals surface area (Å²) >= 11 is 0. The fraction of sp³-hybridized carbons (Fsp3) is 0.471. The van der Waals surface area contributed by atoms with Crippen molar-refractivity contribution in [1.29, 1.82) is 0 Å². The van der Waals surface area contributed by atoms with Gasteiger partial charge in [0.2, 0.25) is 0 Å². The molecule has 1 amide bonds. The standard InChI is InChI=1S/C17H21N3O/c1-20(14-9-12-6-7-13(10-14)18-12)17(21)16-8-11-4-2-3-5-15(11)19-16/h2-5,8,12-14,18-19H,6-7,9-10H2,1H3. The summed E-state index contributed by atoms with van der Waals surface area (Å²) in [6, 6.07) is 11.6. The number of hydrogen-bond donors (Lipinski definition) is 2. The fourth-order valence-electron chi connectivity index (χ4n) is 3.89. The maximum atomic E-state index is 12.7. The van der Waals surface area contributed by atoms with Gasteiger partial charge in [-0.05, 0) is 37.8 Å². The first-order chi connectivity index (χ1) is 10.2. The van der Waals surface area contributed by atoms with E-state index in [0.29, 0.717) is 23.8 Å². The van der Waals surface area contributed by atoms with Gasteiger partial charge < -0.3 is 15.2 Å². The Bertz CT molecular complexity index is 632. The smallest absolute Gasteiger partial charge is 0.270 e. The van der Waals surface area contributed by atoms with E-state index in [0.717, 1.165) is 23.7 Å². The van der Waals surface area contributed by atoms with E-state index in [-0.39, 0.29) is 5.91 Å². The second-order valence-electron chi connectivity index (χ2n) is 6.45. The van der Waals surface area contributed by atoms with Gasteiger partial charge in [0, 0.05) is 36.1 Å². The Labute approximate surface area is 124 Å². The van der Waals surface area contributed by atoms with Crippen LogP contribution in [0.5, 0.6) is 0 Å². The molecule has 2 unspecified atom stereocenters. The third-order valence-electron chi connectivity index (χ3n) is 5.08. The van der Waals surface area contributed by atoms with Crippen LogP contribution < -0.4 is 5.32 Å². The molecule has 2 fully saturated rings. The topological polar surface area (TPSA) is 48.1 Å². The second kappa shape index (κ2) is 4.88. The van der Waals surface area contributed by atoms with Gasteiger partial charge in [0.25, 0.3) is 5.91 Å². The van der Waals surface area contributed by atoms with Gasteiger partial charge >= 0.3 is 0 Å². The van der Waals surface area contributed by atoms with E-state index >= 15 is 0 Å². The molecule has 0 saturated carbocycles. The number of fused-ring (bicyclic) bond motifs is 3. The van der Waals surface area contributed by atoms with Gasteiger partial charge in [-0.1, -0.05) is 18.2 Å². The molecule has 4 nitrogen and oxygen atoms in total. The first kappa shape index (κ1) is 12.9. The number of aromatic nitrogens is 1. The number of benzene rings is 1. The largest absolute Gasteiger partial charge is 0.351 e. The third-order valence-corrected chi connectivity index (χ3v) is 5.08. The van der Waals surface area contributed by atoms with Crippen molar-refractivity contribution in [3.8, 4) is 0 Å². The molecular formula is C17H21N3O. The zero-order chi connectivity index (χ0) is 14.4. The molecule has 0 aliphatic carbocycles.